The quantitative estimate of drug-likeness (QED) is 0.776. The lowest BCUT2D eigenvalue weighted by atomic mass is 9.76. The molecule has 26 heavy (non-hydrogen) atoms. The number of likely N-dealkylation sites (N-methyl/N-ethyl adjacent to an activating group) is 1. The van der Waals surface area contributed by atoms with Crippen molar-refractivity contribution >= 4 is 5.91 Å². The lowest BCUT2D eigenvalue weighted by Crippen LogP contribution is -2.43. The number of carbonyl (C=O) groups is 1. The van der Waals surface area contributed by atoms with Gasteiger partial charge in [-0.25, -0.2) is 0 Å². The molecule has 0 aromatic heterocycles. The van der Waals surface area contributed by atoms with Gasteiger partial charge in [-0.1, -0.05) is 43.7 Å². The van der Waals surface area contributed by atoms with E-state index in [0.717, 1.165) is 50.7 Å². The zero-order chi connectivity index (χ0) is 18.7. The number of nitrogens with zero attached hydrogens (tertiary/aromatic N) is 2. The SMILES string of the molecule is Cc1cccc(CN2CCC(N(C)C(=O)C3CCC(C(C)C)CC3)C2)c1. The highest BCUT2D eigenvalue weighted by Gasteiger charge is 2.34. The summed E-state index contributed by atoms with van der Waals surface area (Å²) >= 11 is 0. The van der Waals surface area contributed by atoms with Crippen LogP contribution in [-0.2, 0) is 11.3 Å². The van der Waals surface area contributed by atoms with Gasteiger partial charge in [0.05, 0.1) is 0 Å². The average molecular weight is 357 g/mol. The summed E-state index contributed by atoms with van der Waals surface area (Å²) in [7, 11) is 2.04. The van der Waals surface area contributed by atoms with Crippen molar-refractivity contribution in [2.45, 2.75) is 65.5 Å². The second-order valence-electron chi connectivity index (χ2n) is 8.97. The third-order valence-corrected chi connectivity index (χ3v) is 6.70. The maximum absolute atomic E-state index is 13.0. The summed E-state index contributed by atoms with van der Waals surface area (Å²) in [6, 6.07) is 9.16. The van der Waals surface area contributed by atoms with E-state index in [1.807, 2.05) is 7.05 Å². The molecule has 0 bridgehead atoms. The molecule has 1 unspecified atom stereocenters. The number of hydrogen-bond donors (Lipinski definition) is 0. The van der Waals surface area contributed by atoms with E-state index in [4.69, 9.17) is 0 Å². The molecule has 1 amide bonds. The summed E-state index contributed by atoms with van der Waals surface area (Å²) in [5.74, 6) is 2.24. The molecule has 1 aromatic rings. The fourth-order valence-corrected chi connectivity index (χ4v) is 4.84. The van der Waals surface area contributed by atoms with Crippen molar-refractivity contribution in [2.24, 2.45) is 17.8 Å². The van der Waals surface area contributed by atoms with Gasteiger partial charge in [-0.2, -0.15) is 0 Å². The Labute approximate surface area is 159 Å². The Morgan fingerprint density at radius 1 is 1.19 bits per heavy atom. The topological polar surface area (TPSA) is 23.6 Å². The molecule has 3 heteroatoms. The summed E-state index contributed by atoms with van der Waals surface area (Å²) in [6.45, 7) is 9.89. The van der Waals surface area contributed by atoms with Gasteiger partial charge in [-0.15, -0.1) is 0 Å². The largest absolute Gasteiger partial charge is 0.341 e. The third-order valence-electron chi connectivity index (χ3n) is 6.70. The van der Waals surface area contributed by atoms with E-state index in [-0.39, 0.29) is 5.92 Å². The maximum atomic E-state index is 13.0. The van der Waals surface area contributed by atoms with Crippen LogP contribution in [0.5, 0.6) is 0 Å². The van der Waals surface area contributed by atoms with Gasteiger partial charge >= 0.3 is 0 Å². The lowest BCUT2D eigenvalue weighted by Gasteiger charge is -2.34. The van der Waals surface area contributed by atoms with E-state index in [1.54, 1.807) is 0 Å². The van der Waals surface area contributed by atoms with Gasteiger partial charge in [0.25, 0.3) is 0 Å². The van der Waals surface area contributed by atoms with E-state index in [2.05, 4.69) is 54.8 Å². The van der Waals surface area contributed by atoms with Crippen LogP contribution in [0, 0.1) is 24.7 Å². The minimum absolute atomic E-state index is 0.265. The summed E-state index contributed by atoms with van der Waals surface area (Å²) in [4.78, 5) is 17.6. The van der Waals surface area contributed by atoms with Gasteiger partial charge in [0, 0.05) is 38.6 Å². The minimum atomic E-state index is 0.265. The highest BCUT2D eigenvalue weighted by Crippen LogP contribution is 2.34. The van der Waals surface area contributed by atoms with Crippen molar-refractivity contribution in [3.63, 3.8) is 0 Å². The molecule has 2 aliphatic rings. The first-order chi connectivity index (χ1) is 12.4. The van der Waals surface area contributed by atoms with E-state index in [9.17, 15) is 4.79 Å². The van der Waals surface area contributed by atoms with Gasteiger partial charge in [-0.05, 0) is 56.4 Å². The minimum Gasteiger partial charge on any atom is -0.341 e. The predicted octanol–water partition coefficient (Wildman–Crippen LogP) is 4.49. The Morgan fingerprint density at radius 2 is 1.92 bits per heavy atom. The van der Waals surface area contributed by atoms with Gasteiger partial charge in [-0.3, -0.25) is 9.69 Å². The number of rotatable bonds is 5. The van der Waals surface area contributed by atoms with Crippen LogP contribution in [0.15, 0.2) is 24.3 Å². The van der Waals surface area contributed by atoms with Crippen molar-refractivity contribution in [2.75, 3.05) is 20.1 Å². The number of amides is 1. The van der Waals surface area contributed by atoms with E-state index in [0.29, 0.717) is 11.9 Å². The highest BCUT2D eigenvalue weighted by atomic mass is 16.2. The number of carbonyl (C=O) groups excluding carboxylic acids is 1. The van der Waals surface area contributed by atoms with E-state index in [1.165, 1.54) is 24.0 Å². The summed E-state index contributed by atoms with van der Waals surface area (Å²) in [5.41, 5.74) is 2.70. The zero-order valence-corrected chi connectivity index (χ0v) is 17.1. The molecule has 0 spiro atoms. The summed E-state index contributed by atoms with van der Waals surface area (Å²) in [6.07, 6.45) is 5.74. The molecule has 2 fully saturated rings. The van der Waals surface area contributed by atoms with Crippen molar-refractivity contribution in [1.29, 1.82) is 0 Å². The molecule has 3 nitrogen and oxygen atoms in total. The molecule has 1 aliphatic carbocycles. The van der Waals surface area contributed by atoms with Crippen LogP contribution < -0.4 is 0 Å². The van der Waals surface area contributed by atoms with Crippen LogP contribution in [-0.4, -0.2) is 41.9 Å². The molecule has 144 valence electrons. The molecule has 1 heterocycles. The number of hydrogen-bond acceptors (Lipinski definition) is 2. The average Bonchev–Trinajstić information content (AvgIpc) is 3.09. The number of aryl methyl sites for hydroxylation is 1. The van der Waals surface area contributed by atoms with E-state index < -0.39 is 0 Å². The smallest absolute Gasteiger partial charge is 0.225 e. The fraction of sp³-hybridized carbons (Fsp3) is 0.696. The Hall–Kier alpha value is -1.35. The van der Waals surface area contributed by atoms with Gasteiger partial charge in [0.15, 0.2) is 0 Å². The molecule has 0 radical (unpaired) electrons. The molecule has 1 saturated heterocycles. The summed E-state index contributed by atoms with van der Waals surface area (Å²) < 4.78 is 0. The second-order valence-corrected chi connectivity index (χ2v) is 8.97. The van der Waals surface area contributed by atoms with Crippen LogP contribution >= 0.6 is 0 Å². The standard InChI is InChI=1S/C23H36N2O/c1-17(2)20-8-10-21(11-9-20)23(26)24(4)22-12-13-25(16-22)15-19-7-5-6-18(3)14-19/h5-7,14,17,20-22H,8-13,15-16H2,1-4H3. The first-order valence-corrected chi connectivity index (χ1v) is 10.5. The van der Waals surface area contributed by atoms with Crippen molar-refractivity contribution in [3.05, 3.63) is 35.4 Å². The van der Waals surface area contributed by atoms with Gasteiger partial charge < -0.3 is 4.90 Å². The Kier molecular flexibility index (Phi) is 6.39. The van der Waals surface area contributed by atoms with Crippen molar-refractivity contribution in [1.82, 2.24) is 9.80 Å². The Morgan fingerprint density at radius 3 is 2.58 bits per heavy atom. The van der Waals surface area contributed by atoms with Crippen LogP contribution in [0.2, 0.25) is 0 Å². The molecular weight excluding hydrogens is 320 g/mol. The molecule has 3 rings (SSSR count). The first kappa shape index (κ1) is 19.4. The summed E-state index contributed by atoms with van der Waals surface area (Å²) in [5, 5.41) is 0. The molecular formula is C23H36N2O. The van der Waals surface area contributed by atoms with Crippen molar-refractivity contribution < 1.29 is 4.79 Å². The molecule has 1 saturated carbocycles. The molecule has 1 atom stereocenters. The predicted molar refractivity (Wildman–Crippen MR) is 108 cm³/mol. The van der Waals surface area contributed by atoms with Crippen LogP contribution in [0.3, 0.4) is 0 Å². The normalized spacial score (nSPS) is 27.0. The Balaban J connectivity index is 1.49. The maximum Gasteiger partial charge on any atom is 0.225 e. The van der Waals surface area contributed by atoms with Crippen LogP contribution in [0.4, 0.5) is 0 Å². The first-order valence-electron chi connectivity index (χ1n) is 10.5. The van der Waals surface area contributed by atoms with Gasteiger partial charge in [0.1, 0.15) is 0 Å². The van der Waals surface area contributed by atoms with E-state index >= 15 is 0 Å². The van der Waals surface area contributed by atoms with Crippen LogP contribution in [0.1, 0.15) is 57.1 Å². The second kappa shape index (κ2) is 8.56. The monoisotopic (exact) mass is 356 g/mol. The van der Waals surface area contributed by atoms with Gasteiger partial charge in [0.2, 0.25) is 5.91 Å². The molecule has 1 aliphatic heterocycles. The zero-order valence-electron chi connectivity index (χ0n) is 17.1. The van der Waals surface area contributed by atoms with Crippen LogP contribution in [0.25, 0.3) is 0 Å². The number of benzene rings is 1. The Bertz CT molecular complexity index is 604. The third kappa shape index (κ3) is 4.68. The van der Waals surface area contributed by atoms with Crippen molar-refractivity contribution in [3.8, 4) is 0 Å². The number of likely N-dealkylation sites (tertiary alicyclic amines) is 1. The fourth-order valence-electron chi connectivity index (χ4n) is 4.84. The highest BCUT2D eigenvalue weighted by molar-refractivity contribution is 5.79. The molecule has 1 aromatic carbocycles. The molecule has 0 N–H and O–H groups in total. The lowest BCUT2D eigenvalue weighted by molar-refractivity contribution is -0.137.